The van der Waals surface area contributed by atoms with E-state index >= 15 is 0 Å². The van der Waals surface area contributed by atoms with Gasteiger partial charge in [-0.3, -0.25) is 0 Å². The van der Waals surface area contributed by atoms with Crippen LogP contribution in [0.1, 0.15) is 5.56 Å². The normalized spacial score (nSPS) is 10.8. The van der Waals surface area contributed by atoms with Crippen LogP contribution in [0, 0.1) is 0 Å². The molecule has 0 aliphatic heterocycles. The molecule has 0 amide bonds. The molecule has 0 atom stereocenters. The van der Waals surface area contributed by atoms with Gasteiger partial charge in [-0.15, -0.1) is 11.8 Å². The summed E-state index contributed by atoms with van der Waals surface area (Å²) in [6.45, 7) is 0. The van der Waals surface area contributed by atoms with Crippen LogP contribution >= 0.6 is 27.7 Å². The Morgan fingerprint density at radius 2 is 1.70 bits per heavy atom. The maximum absolute atomic E-state index is 6.03. The van der Waals surface area contributed by atoms with Gasteiger partial charge in [0.2, 0.25) is 0 Å². The van der Waals surface area contributed by atoms with Gasteiger partial charge in [0.05, 0.1) is 0 Å². The molecule has 3 aromatic rings. The molecule has 0 aromatic heterocycles. The van der Waals surface area contributed by atoms with Crippen molar-refractivity contribution in [3.05, 3.63) is 70.7 Å². The van der Waals surface area contributed by atoms with Gasteiger partial charge in [0.1, 0.15) is 0 Å². The Morgan fingerprint density at radius 3 is 2.50 bits per heavy atom. The van der Waals surface area contributed by atoms with E-state index in [-0.39, 0.29) is 0 Å². The first-order chi connectivity index (χ1) is 9.74. The summed E-state index contributed by atoms with van der Waals surface area (Å²) in [5.74, 6) is 0.867. The molecule has 0 saturated heterocycles. The summed E-state index contributed by atoms with van der Waals surface area (Å²) < 4.78 is 1.07. The Bertz CT molecular complexity index is 735. The number of nitrogens with two attached hydrogens (primary N) is 1. The first-order valence-electron chi connectivity index (χ1n) is 6.38. The average molecular weight is 344 g/mol. The lowest BCUT2D eigenvalue weighted by Crippen LogP contribution is -1.93. The van der Waals surface area contributed by atoms with Crippen LogP contribution < -0.4 is 5.73 Å². The fourth-order valence-corrected chi connectivity index (χ4v) is 3.86. The van der Waals surface area contributed by atoms with E-state index in [4.69, 9.17) is 5.73 Å². The number of rotatable bonds is 3. The minimum absolute atomic E-state index is 0.840. The summed E-state index contributed by atoms with van der Waals surface area (Å²) in [6.07, 6.45) is 0. The smallest absolute Gasteiger partial charge is 0.0366 e. The molecule has 0 spiro atoms. The van der Waals surface area contributed by atoms with Crippen LogP contribution in [0.2, 0.25) is 0 Å². The minimum Gasteiger partial charge on any atom is -0.398 e. The van der Waals surface area contributed by atoms with Crippen molar-refractivity contribution in [2.75, 3.05) is 5.73 Å². The van der Waals surface area contributed by atoms with Crippen molar-refractivity contribution in [3.63, 3.8) is 0 Å². The lowest BCUT2D eigenvalue weighted by atomic mass is 10.1. The van der Waals surface area contributed by atoms with Gasteiger partial charge in [0, 0.05) is 20.8 Å². The number of thioether (sulfide) groups is 1. The quantitative estimate of drug-likeness (QED) is 0.503. The third kappa shape index (κ3) is 2.84. The zero-order valence-electron chi connectivity index (χ0n) is 10.8. The van der Waals surface area contributed by atoms with Gasteiger partial charge in [-0.25, -0.2) is 0 Å². The van der Waals surface area contributed by atoms with Gasteiger partial charge >= 0.3 is 0 Å². The highest BCUT2D eigenvalue weighted by molar-refractivity contribution is 9.10. The van der Waals surface area contributed by atoms with Gasteiger partial charge in [0.25, 0.3) is 0 Å². The lowest BCUT2D eigenvalue weighted by molar-refractivity contribution is 1.37. The Balaban J connectivity index is 1.83. The summed E-state index contributed by atoms with van der Waals surface area (Å²) in [4.78, 5) is 1.26. The molecule has 0 fully saturated rings. The van der Waals surface area contributed by atoms with Crippen LogP contribution in [0.5, 0.6) is 0 Å². The third-order valence-electron chi connectivity index (χ3n) is 3.26. The number of fused-ring (bicyclic) bond motifs is 1. The summed E-state index contributed by atoms with van der Waals surface area (Å²) in [7, 11) is 0. The summed E-state index contributed by atoms with van der Waals surface area (Å²) in [6, 6.07) is 20.9. The Hall–Kier alpha value is -1.45. The molecular weight excluding hydrogens is 330 g/mol. The van der Waals surface area contributed by atoms with Crippen LogP contribution in [-0.4, -0.2) is 0 Å². The zero-order valence-corrected chi connectivity index (χ0v) is 13.2. The molecule has 1 nitrogen and oxygen atoms in total. The van der Waals surface area contributed by atoms with Crippen molar-refractivity contribution < 1.29 is 0 Å². The molecule has 3 rings (SSSR count). The Kier molecular flexibility index (Phi) is 3.99. The fraction of sp³-hybridized carbons (Fsp3) is 0.0588. The topological polar surface area (TPSA) is 26.0 Å². The molecule has 0 bridgehead atoms. The van der Waals surface area contributed by atoms with Gasteiger partial charge in [-0.2, -0.15) is 0 Å². The van der Waals surface area contributed by atoms with E-state index in [1.54, 1.807) is 11.8 Å². The van der Waals surface area contributed by atoms with E-state index in [1.165, 1.54) is 15.7 Å². The van der Waals surface area contributed by atoms with Crippen LogP contribution in [0.15, 0.2) is 70.0 Å². The highest BCUT2D eigenvalue weighted by Crippen LogP contribution is 2.31. The number of anilines is 1. The second-order valence-electron chi connectivity index (χ2n) is 4.61. The van der Waals surface area contributed by atoms with Crippen molar-refractivity contribution in [1.82, 2.24) is 0 Å². The number of hydrogen-bond donors (Lipinski definition) is 1. The van der Waals surface area contributed by atoms with Gasteiger partial charge in [-0.1, -0.05) is 52.3 Å². The van der Waals surface area contributed by atoms with Crippen molar-refractivity contribution >= 4 is 44.2 Å². The average Bonchev–Trinajstić information content (AvgIpc) is 2.46. The first-order valence-corrected chi connectivity index (χ1v) is 8.16. The molecule has 3 heteroatoms. The number of nitrogen functional groups attached to an aromatic ring is 1. The van der Waals surface area contributed by atoms with E-state index in [0.29, 0.717) is 0 Å². The predicted octanol–water partition coefficient (Wildman–Crippen LogP) is 5.48. The number of halogens is 1. The third-order valence-corrected chi connectivity index (χ3v) is 5.02. The second kappa shape index (κ2) is 5.90. The fourth-order valence-electron chi connectivity index (χ4n) is 2.14. The molecule has 2 N–H and O–H groups in total. The van der Waals surface area contributed by atoms with Gasteiger partial charge in [-0.05, 0) is 40.6 Å². The molecule has 3 aromatic carbocycles. The summed E-state index contributed by atoms with van der Waals surface area (Å²) in [5, 5.41) is 2.55. The first kappa shape index (κ1) is 13.5. The molecule has 0 aliphatic rings. The molecule has 0 unspecified atom stereocenters. The van der Waals surface area contributed by atoms with Gasteiger partial charge < -0.3 is 5.73 Å². The van der Waals surface area contributed by atoms with E-state index < -0.39 is 0 Å². The van der Waals surface area contributed by atoms with Crippen LogP contribution in [0.4, 0.5) is 5.69 Å². The molecule has 20 heavy (non-hydrogen) atoms. The molecular formula is C17H14BrNS. The second-order valence-corrected chi connectivity index (χ2v) is 6.51. The van der Waals surface area contributed by atoms with Gasteiger partial charge in [0.15, 0.2) is 0 Å². The Morgan fingerprint density at radius 1 is 0.900 bits per heavy atom. The van der Waals surface area contributed by atoms with E-state index in [0.717, 1.165) is 21.5 Å². The van der Waals surface area contributed by atoms with E-state index in [1.807, 2.05) is 18.2 Å². The minimum atomic E-state index is 0.840. The Labute approximate surface area is 131 Å². The van der Waals surface area contributed by atoms with Crippen molar-refractivity contribution in [2.45, 2.75) is 10.6 Å². The van der Waals surface area contributed by atoms with Crippen LogP contribution in [0.3, 0.4) is 0 Å². The molecule has 100 valence electrons. The SMILES string of the molecule is Nc1cccc(Br)c1CSc1ccc2ccccc2c1. The van der Waals surface area contributed by atoms with E-state index in [2.05, 4.69) is 58.4 Å². The molecule has 0 saturated carbocycles. The molecule has 0 heterocycles. The van der Waals surface area contributed by atoms with E-state index in [9.17, 15) is 0 Å². The maximum Gasteiger partial charge on any atom is 0.0366 e. The number of hydrogen-bond acceptors (Lipinski definition) is 2. The number of benzene rings is 3. The van der Waals surface area contributed by atoms with Crippen molar-refractivity contribution in [3.8, 4) is 0 Å². The summed E-state index contributed by atoms with van der Waals surface area (Å²) in [5.41, 5.74) is 8.03. The van der Waals surface area contributed by atoms with Crippen molar-refractivity contribution in [1.29, 1.82) is 0 Å². The monoisotopic (exact) mass is 343 g/mol. The standard InChI is InChI=1S/C17H14BrNS/c18-16-6-3-7-17(19)15(16)11-20-14-9-8-12-4-1-2-5-13(12)10-14/h1-10H,11,19H2. The largest absolute Gasteiger partial charge is 0.398 e. The predicted molar refractivity (Wildman–Crippen MR) is 92.1 cm³/mol. The zero-order chi connectivity index (χ0) is 13.9. The highest BCUT2D eigenvalue weighted by atomic mass is 79.9. The van der Waals surface area contributed by atoms with Crippen LogP contribution in [0.25, 0.3) is 10.8 Å². The van der Waals surface area contributed by atoms with Crippen LogP contribution in [-0.2, 0) is 5.75 Å². The van der Waals surface area contributed by atoms with Crippen molar-refractivity contribution in [2.24, 2.45) is 0 Å². The lowest BCUT2D eigenvalue weighted by Gasteiger charge is -2.08. The molecule has 0 aliphatic carbocycles. The highest BCUT2D eigenvalue weighted by Gasteiger charge is 2.05. The summed E-state index contributed by atoms with van der Waals surface area (Å²) >= 11 is 5.37. The molecule has 0 radical (unpaired) electrons. The maximum atomic E-state index is 6.03.